The van der Waals surface area contributed by atoms with E-state index in [-0.39, 0.29) is 5.60 Å². The van der Waals surface area contributed by atoms with E-state index in [0.717, 1.165) is 12.8 Å². The topological polar surface area (TPSA) is 20.2 Å². The van der Waals surface area contributed by atoms with Gasteiger partial charge in [-0.15, -0.1) is 0 Å². The van der Waals surface area contributed by atoms with Crippen molar-refractivity contribution >= 4 is 0 Å². The lowest BCUT2D eigenvalue weighted by atomic mass is 9.80. The van der Waals surface area contributed by atoms with Crippen LogP contribution in [0.25, 0.3) is 0 Å². The van der Waals surface area contributed by atoms with Gasteiger partial charge in [-0.2, -0.15) is 0 Å². The van der Waals surface area contributed by atoms with Gasteiger partial charge in [0.25, 0.3) is 0 Å². The van der Waals surface area contributed by atoms with Gasteiger partial charge in [0, 0.05) is 0 Å². The van der Waals surface area contributed by atoms with Crippen LogP contribution in [0.3, 0.4) is 0 Å². The van der Waals surface area contributed by atoms with E-state index < -0.39 is 0 Å². The number of rotatable bonds is 2. The molecule has 11 heavy (non-hydrogen) atoms. The minimum atomic E-state index is -0.325. The molecule has 1 saturated carbocycles. The van der Waals surface area contributed by atoms with Crippen molar-refractivity contribution in [3.63, 3.8) is 0 Å². The second-order valence-electron chi connectivity index (χ2n) is 4.34. The summed E-state index contributed by atoms with van der Waals surface area (Å²) in [5.41, 5.74) is -0.325. The zero-order valence-corrected chi connectivity index (χ0v) is 7.93. The molecular weight excluding hydrogens is 136 g/mol. The molecule has 1 nitrogen and oxygen atoms in total. The van der Waals surface area contributed by atoms with E-state index in [1.807, 2.05) is 0 Å². The summed E-state index contributed by atoms with van der Waals surface area (Å²) < 4.78 is 0. The van der Waals surface area contributed by atoms with Gasteiger partial charge in [0.05, 0.1) is 5.60 Å². The van der Waals surface area contributed by atoms with Crippen molar-refractivity contribution in [3.05, 3.63) is 0 Å². The molecule has 0 amide bonds. The van der Waals surface area contributed by atoms with Crippen molar-refractivity contribution in [2.75, 3.05) is 0 Å². The Bertz CT molecular complexity index is 123. The van der Waals surface area contributed by atoms with Gasteiger partial charge >= 0.3 is 0 Å². The largest absolute Gasteiger partial charge is 0.390 e. The Morgan fingerprint density at radius 1 is 1.09 bits per heavy atom. The molecule has 1 rings (SSSR count). The van der Waals surface area contributed by atoms with Crippen LogP contribution >= 0.6 is 0 Å². The van der Waals surface area contributed by atoms with Crippen molar-refractivity contribution in [1.29, 1.82) is 0 Å². The van der Waals surface area contributed by atoms with Crippen molar-refractivity contribution in [3.8, 4) is 0 Å². The van der Waals surface area contributed by atoms with E-state index in [2.05, 4.69) is 20.8 Å². The van der Waals surface area contributed by atoms with Gasteiger partial charge in [-0.05, 0) is 24.7 Å². The summed E-state index contributed by atoms with van der Waals surface area (Å²) in [6.07, 6.45) is 4.47. The summed E-state index contributed by atoms with van der Waals surface area (Å²) >= 11 is 0. The van der Waals surface area contributed by atoms with Crippen molar-refractivity contribution in [2.45, 2.75) is 52.1 Å². The zero-order chi connectivity index (χ0) is 8.48. The van der Waals surface area contributed by atoms with Crippen molar-refractivity contribution < 1.29 is 5.11 Å². The van der Waals surface area contributed by atoms with E-state index >= 15 is 0 Å². The molecule has 0 aromatic heterocycles. The Kier molecular flexibility index (Phi) is 2.58. The predicted molar refractivity (Wildman–Crippen MR) is 47.4 cm³/mol. The second kappa shape index (κ2) is 3.14. The summed E-state index contributed by atoms with van der Waals surface area (Å²) in [5, 5.41) is 10.1. The quantitative estimate of drug-likeness (QED) is 0.651. The summed E-state index contributed by atoms with van der Waals surface area (Å²) in [7, 11) is 0. The fraction of sp³-hybridized carbons (Fsp3) is 1.00. The molecule has 66 valence electrons. The first-order chi connectivity index (χ1) is 5.06. The molecule has 0 radical (unpaired) electrons. The molecule has 1 N–H and O–H groups in total. The Labute approximate surface area is 69.8 Å². The van der Waals surface area contributed by atoms with Crippen LogP contribution in [0.1, 0.15) is 46.5 Å². The third-order valence-electron chi connectivity index (χ3n) is 3.32. The fourth-order valence-electron chi connectivity index (χ4n) is 2.06. The first-order valence-electron chi connectivity index (χ1n) is 4.78. The standard InChI is InChI=1S/C10H20O/c1-8(2)9(3)10(11)6-4-5-7-10/h8-9,11H,4-7H2,1-3H3/t9-/m0/s1. The first-order valence-corrected chi connectivity index (χ1v) is 4.78. The van der Waals surface area contributed by atoms with Gasteiger partial charge < -0.3 is 5.11 Å². The number of aliphatic hydroxyl groups is 1. The van der Waals surface area contributed by atoms with Gasteiger partial charge in [0.2, 0.25) is 0 Å². The molecule has 0 aliphatic heterocycles. The van der Waals surface area contributed by atoms with Crippen molar-refractivity contribution in [1.82, 2.24) is 0 Å². The molecule has 0 saturated heterocycles. The average Bonchev–Trinajstić information content (AvgIpc) is 2.35. The first kappa shape index (κ1) is 9.05. The third kappa shape index (κ3) is 1.76. The van der Waals surface area contributed by atoms with Gasteiger partial charge in [-0.1, -0.05) is 33.6 Å². The van der Waals surface area contributed by atoms with Crippen LogP contribution in [-0.4, -0.2) is 10.7 Å². The molecule has 1 aliphatic carbocycles. The Balaban J connectivity index is 2.56. The summed E-state index contributed by atoms with van der Waals surface area (Å²) in [6, 6.07) is 0. The fourth-order valence-corrected chi connectivity index (χ4v) is 2.06. The van der Waals surface area contributed by atoms with Crippen LogP contribution in [0.2, 0.25) is 0 Å². The average molecular weight is 156 g/mol. The minimum Gasteiger partial charge on any atom is -0.390 e. The van der Waals surface area contributed by atoms with Crippen LogP contribution in [0.5, 0.6) is 0 Å². The van der Waals surface area contributed by atoms with Crippen LogP contribution < -0.4 is 0 Å². The molecule has 0 bridgehead atoms. The van der Waals surface area contributed by atoms with E-state index in [9.17, 15) is 5.11 Å². The zero-order valence-electron chi connectivity index (χ0n) is 7.93. The Morgan fingerprint density at radius 2 is 1.55 bits per heavy atom. The normalized spacial score (nSPS) is 25.9. The molecule has 0 aromatic carbocycles. The van der Waals surface area contributed by atoms with Gasteiger partial charge in [-0.25, -0.2) is 0 Å². The highest BCUT2D eigenvalue weighted by molar-refractivity contribution is 4.89. The monoisotopic (exact) mass is 156 g/mol. The summed E-state index contributed by atoms with van der Waals surface area (Å²) in [5.74, 6) is 1.07. The number of hydrogen-bond acceptors (Lipinski definition) is 1. The highest BCUT2D eigenvalue weighted by atomic mass is 16.3. The molecule has 1 heteroatoms. The van der Waals surface area contributed by atoms with Crippen molar-refractivity contribution in [2.24, 2.45) is 11.8 Å². The molecule has 0 unspecified atom stereocenters. The molecule has 1 atom stereocenters. The van der Waals surface area contributed by atoms with Crippen LogP contribution in [-0.2, 0) is 0 Å². The smallest absolute Gasteiger partial charge is 0.0675 e. The Morgan fingerprint density at radius 3 is 1.91 bits per heavy atom. The van der Waals surface area contributed by atoms with E-state index in [4.69, 9.17) is 0 Å². The lowest BCUT2D eigenvalue weighted by molar-refractivity contribution is -0.0229. The van der Waals surface area contributed by atoms with E-state index in [1.54, 1.807) is 0 Å². The van der Waals surface area contributed by atoms with Gasteiger partial charge in [0.1, 0.15) is 0 Å². The van der Waals surface area contributed by atoms with Gasteiger partial charge in [0.15, 0.2) is 0 Å². The predicted octanol–water partition coefficient (Wildman–Crippen LogP) is 2.58. The SMILES string of the molecule is CC(C)[C@H](C)C1(O)CCCC1. The van der Waals surface area contributed by atoms with Gasteiger partial charge in [-0.3, -0.25) is 0 Å². The van der Waals surface area contributed by atoms with E-state index in [1.165, 1.54) is 12.8 Å². The molecule has 1 aliphatic rings. The molecule has 0 aromatic rings. The van der Waals surface area contributed by atoms with Crippen LogP contribution in [0.4, 0.5) is 0 Å². The van der Waals surface area contributed by atoms with E-state index in [0.29, 0.717) is 11.8 Å². The molecule has 0 spiro atoms. The highest BCUT2D eigenvalue weighted by Gasteiger charge is 2.37. The summed E-state index contributed by atoms with van der Waals surface area (Å²) in [4.78, 5) is 0. The lowest BCUT2D eigenvalue weighted by Crippen LogP contribution is -2.35. The molecule has 1 fully saturated rings. The third-order valence-corrected chi connectivity index (χ3v) is 3.32. The summed E-state index contributed by atoms with van der Waals surface area (Å²) in [6.45, 7) is 6.57. The van der Waals surface area contributed by atoms with Crippen LogP contribution in [0.15, 0.2) is 0 Å². The maximum absolute atomic E-state index is 10.1. The molecular formula is C10H20O. The maximum Gasteiger partial charge on any atom is 0.0675 e. The molecule has 0 heterocycles. The minimum absolute atomic E-state index is 0.325. The lowest BCUT2D eigenvalue weighted by Gasteiger charge is -2.32. The number of hydrogen-bond donors (Lipinski definition) is 1. The Hall–Kier alpha value is -0.0400. The van der Waals surface area contributed by atoms with Crippen LogP contribution in [0, 0.1) is 11.8 Å². The maximum atomic E-state index is 10.1. The second-order valence-corrected chi connectivity index (χ2v) is 4.34. The highest BCUT2D eigenvalue weighted by Crippen LogP contribution is 2.38.